The number of rotatable bonds is 3. The number of fused-ring (bicyclic) bond motifs is 1. The number of pyridine rings is 1. The quantitative estimate of drug-likeness (QED) is 0.884. The van der Waals surface area contributed by atoms with Gasteiger partial charge in [-0.2, -0.15) is 0 Å². The lowest BCUT2D eigenvalue weighted by atomic mass is 10.1. The minimum atomic E-state index is 0.0968. The summed E-state index contributed by atoms with van der Waals surface area (Å²) >= 11 is 0. The molecule has 0 saturated carbocycles. The average molecular weight is 326 g/mol. The molecule has 24 heavy (non-hydrogen) atoms. The summed E-state index contributed by atoms with van der Waals surface area (Å²) in [6.07, 6.45) is 3.32. The highest BCUT2D eigenvalue weighted by Crippen LogP contribution is 2.32. The topological polar surface area (TPSA) is 56.1 Å². The van der Waals surface area contributed by atoms with Crippen molar-refractivity contribution in [2.24, 2.45) is 0 Å². The van der Waals surface area contributed by atoms with Crippen molar-refractivity contribution in [1.29, 1.82) is 0 Å². The molecule has 2 aliphatic heterocycles. The third-order valence-electron chi connectivity index (χ3n) is 4.58. The van der Waals surface area contributed by atoms with E-state index in [9.17, 15) is 4.79 Å². The maximum Gasteiger partial charge on any atom is 0.254 e. The minimum Gasteiger partial charge on any atom is -0.454 e. The Kier molecular flexibility index (Phi) is 4.04. The highest BCUT2D eigenvalue weighted by atomic mass is 16.7. The minimum absolute atomic E-state index is 0.0968. The summed E-state index contributed by atoms with van der Waals surface area (Å²) in [5.41, 5.74) is 1.95. The summed E-state index contributed by atoms with van der Waals surface area (Å²) in [7, 11) is 0. The summed E-state index contributed by atoms with van der Waals surface area (Å²) in [5, 5.41) is 0. The van der Waals surface area contributed by atoms with Gasteiger partial charge in [-0.1, -0.05) is 0 Å². The van der Waals surface area contributed by atoms with Crippen LogP contribution in [0.25, 0.3) is 0 Å². The SMILES string of the molecule is O=C(c1ccncc1)N1CC[NH+](Cc2ccc3c(c2)OCO3)CC1. The largest absolute Gasteiger partial charge is 0.454 e. The van der Waals surface area contributed by atoms with E-state index in [2.05, 4.69) is 17.1 Å². The molecule has 1 N–H and O–H groups in total. The van der Waals surface area contributed by atoms with Crippen LogP contribution in [0.3, 0.4) is 0 Å². The van der Waals surface area contributed by atoms with E-state index in [-0.39, 0.29) is 5.91 Å². The summed E-state index contributed by atoms with van der Waals surface area (Å²) in [6.45, 7) is 4.70. The van der Waals surface area contributed by atoms with Crippen LogP contribution in [-0.4, -0.2) is 48.8 Å². The van der Waals surface area contributed by atoms with Crippen molar-refractivity contribution >= 4 is 5.91 Å². The molecule has 0 spiro atoms. The number of quaternary nitrogens is 1. The Balaban J connectivity index is 1.34. The summed E-state index contributed by atoms with van der Waals surface area (Å²) in [5.74, 6) is 1.75. The predicted octanol–water partition coefficient (Wildman–Crippen LogP) is 0.351. The standard InChI is InChI=1S/C18H19N3O3/c22-18(15-3-5-19-6-4-15)21-9-7-20(8-10-21)12-14-1-2-16-17(11-14)24-13-23-16/h1-6,11H,7-10,12-13H2/p+1. The van der Waals surface area contributed by atoms with E-state index in [4.69, 9.17) is 9.47 Å². The van der Waals surface area contributed by atoms with Crippen LogP contribution in [0.1, 0.15) is 15.9 Å². The Bertz CT molecular complexity index is 728. The van der Waals surface area contributed by atoms with Crippen molar-refractivity contribution < 1.29 is 19.2 Å². The zero-order chi connectivity index (χ0) is 16.4. The fourth-order valence-corrected chi connectivity index (χ4v) is 3.22. The molecule has 2 aromatic rings. The number of hydrogen-bond acceptors (Lipinski definition) is 4. The number of nitrogens with zero attached hydrogens (tertiary/aromatic N) is 2. The van der Waals surface area contributed by atoms with Crippen molar-refractivity contribution in [2.45, 2.75) is 6.54 Å². The van der Waals surface area contributed by atoms with Crippen LogP contribution < -0.4 is 14.4 Å². The molecule has 2 aliphatic rings. The van der Waals surface area contributed by atoms with Gasteiger partial charge in [0.2, 0.25) is 6.79 Å². The molecular weight excluding hydrogens is 306 g/mol. The van der Waals surface area contributed by atoms with Crippen molar-refractivity contribution in [3.05, 3.63) is 53.9 Å². The normalized spacial score (nSPS) is 17.1. The smallest absolute Gasteiger partial charge is 0.254 e. The van der Waals surface area contributed by atoms with Crippen LogP contribution in [0, 0.1) is 0 Å². The third-order valence-corrected chi connectivity index (χ3v) is 4.58. The highest BCUT2D eigenvalue weighted by molar-refractivity contribution is 5.94. The first-order chi connectivity index (χ1) is 11.8. The summed E-state index contributed by atoms with van der Waals surface area (Å²) in [4.78, 5) is 19.8. The van der Waals surface area contributed by atoms with Gasteiger partial charge in [-0.15, -0.1) is 0 Å². The van der Waals surface area contributed by atoms with E-state index in [1.807, 2.05) is 11.0 Å². The van der Waals surface area contributed by atoms with Gasteiger partial charge in [0.15, 0.2) is 11.5 Å². The Labute approximate surface area is 140 Å². The molecule has 0 atom stereocenters. The van der Waals surface area contributed by atoms with Gasteiger partial charge in [-0.25, -0.2) is 0 Å². The molecule has 0 aliphatic carbocycles. The number of aromatic nitrogens is 1. The second-order valence-corrected chi connectivity index (χ2v) is 6.14. The van der Waals surface area contributed by atoms with Gasteiger partial charge >= 0.3 is 0 Å². The van der Waals surface area contributed by atoms with Crippen LogP contribution in [0.4, 0.5) is 0 Å². The van der Waals surface area contributed by atoms with Crippen LogP contribution in [0.15, 0.2) is 42.7 Å². The van der Waals surface area contributed by atoms with Crippen LogP contribution in [0.5, 0.6) is 11.5 Å². The zero-order valence-electron chi connectivity index (χ0n) is 13.4. The first-order valence-corrected chi connectivity index (χ1v) is 8.21. The van der Waals surface area contributed by atoms with E-state index in [0.717, 1.165) is 44.2 Å². The van der Waals surface area contributed by atoms with Gasteiger partial charge < -0.3 is 19.3 Å². The number of nitrogens with one attached hydrogen (secondary N) is 1. The number of benzene rings is 1. The molecular formula is C18H20N3O3+. The van der Waals surface area contributed by atoms with Crippen LogP contribution >= 0.6 is 0 Å². The second-order valence-electron chi connectivity index (χ2n) is 6.14. The number of carbonyl (C=O) groups excluding carboxylic acids is 1. The van der Waals surface area contributed by atoms with Gasteiger partial charge in [0.25, 0.3) is 5.91 Å². The van der Waals surface area contributed by atoms with Gasteiger partial charge in [-0.3, -0.25) is 9.78 Å². The fourth-order valence-electron chi connectivity index (χ4n) is 3.22. The third kappa shape index (κ3) is 3.05. The number of ether oxygens (including phenoxy) is 2. The van der Waals surface area contributed by atoms with E-state index < -0.39 is 0 Å². The first-order valence-electron chi connectivity index (χ1n) is 8.21. The summed E-state index contributed by atoms with van der Waals surface area (Å²) in [6, 6.07) is 9.67. The Hall–Kier alpha value is -2.60. The van der Waals surface area contributed by atoms with E-state index >= 15 is 0 Å². The molecule has 1 saturated heterocycles. The van der Waals surface area contributed by atoms with E-state index in [0.29, 0.717) is 12.4 Å². The molecule has 1 aromatic carbocycles. The highest BCUT2D eigenvalue weighted by Gasteiger charge is 2.25. The molecule has 1 fully saturated rings. The van der Waals surface area contributed by atoms with Gasteiger partial charge in [-0.05, 0) is 30.3 Å². The van der Waals surface area contributed by atoms with Gasteiger partial charge in [0.05, 0.1) is 26.2 Å². The molecule has 1 aromatic heterocycles. The molecule has 0 bridgehead atoms. The first kappa shape index (κ1) is 15.0. The second kappa shape index (κ2) is 6.49. The monoisotopic (exact) mass is 326 g/mol. The maximum atomic E-state index is 12.5. The summed E-state index contributed by atoms with van der Waals surface area (Å²) < 4.78 is 10.8. The molecule has 6 nitrogen and oxygen atoms in total. The van der Waals surface area contributed by atoms with Crippen molar-refractivity contribution in [1.82, 2.24) is 9.88 Å². The Morgan fingerprint density at radius 1 is 1.08 bits per heavy atom. The van der Waals surface area contributed by atoms with Gasteiger partial charge in [0.1, 0.15) is 6.54 Å². The Morgan fingerprint density at radius 3 is 2.62 bits per heavy atom. The van der Waals surface area contributed by atoms with Crippen molar-refractivity contribution in [3.8, 4) is 11.5 Å². The molecule has 3 heterocycles. The van der Waals surface area contributed by atoms with Crippen molar-refractivity contribution in [2.75, 3.05) is 33.0 Å². The number of piperazine rings is 1. The lowest BCUT2D eigenvalue weighted by Crippen LogP contribution is -3.13. The average Bonchev–Trinajstić information content (AvgIpc) is 3.10. The zero-order valence-corrected chi connectivity index (χ0v) is 13.4. The van der Waals surface area contributed by atoms with E-state index in [1.165, 1.54) is 10.5 Å². The lowest BCUT2D eigenvalue weighted by molar-refractivity contribution is -0.917. The molecule has 0 unspecified atom stereocenters. The lowest BCUT2D eigenvalue weighted by Gasteiger charge is -2.32. The van der Waals surface area contributed by atoms with Gasteiger partial charge in [0, 0.05) is 23.5 Å². The molecule has 4 rings (SSSR count). The Morgan fingerprint density at radius 2 is 1.83 bits per heavy atom. The molecule has 0 radical (unpaired) electrons. The van der Waals surface area contributed by atoms with E-state index in [1.54, 1.807) is 24.5 Å². The van der Waals surface area contributed by atoms with Crippen molar-refractivity contribution in [3.63, 3.8) is 0 Å². The number of amides is 1. The predicted molar refractivity (Wildman–Crippen MR) is 87.1 cm³/mol. The molecule has 124 valence electrons. The number of carbonyl (C=O) groups is 1. The van der Waals surface area contributed by atoms with Crippen LogP contribution in [0.2, 0.25) is 0 Å². The van der Waals surface area contributed by atoms with Crippen LogP contribution in [-0.2, 0) is 6.54 Å². The number of hydrogen-bond donors (Lipinski definition) is 1. The maximum absolute atomic E-state index is 12.5. The molecule has 1 amide bonds. The molecule has 6 heteroatoms. The fraction of sp³-hybridized carbons (Fsp3) is 0.333.